The van der Waals surface area contributed by atoms with E-state index in [1.165, 1.54) is 6.07 Å². The number of rotatable bonds is 3. The Labute approximate surface area is 172 Å². The molecular formula is C20H14Cl2N2O3S. The van der Waals surface area contributed by atoms with Crippen molar-refractivity contribution in [1.29, 1.82) is 0 Å². The molecule has 8 heteroatoms. The van der Waals surface area contributed by atoms with E-state index < -0.39 is 15.9 Å². The maximum Gasteiger partial charge on any atom is 0.265 e. The first-order valence-corrected chi connectivity index (χ1v) is 10.5. The minimum absolute atomic E-state index is 0.177. The predicted molar refractivity (Wildman–Crippen MR) is 112 cm³/mol. The fraction of sp³-hybridized carbons (Fsp3) is 0.0500. The molecule has 1 N–H and O–H groups in total. The predicted octanol–water partition coefficient (Wildman–Crippen LogP) is 4.81. The number of anilines is 2. The van der Waals surface area contributed by atoms with Crippen LogP contribution in [0.1, 0.15) is 0 Å². The molecule has 1 amide bonds. The van der Waals surface area contributed by atoms with Gasteiger partial charge >= 0.3 is 0 Å². The van der Waals surface area contributed by atoms with Gasteiger partial charge in [-0.05, 0) is 30.3 Å². The van der Waals surface area contributed by atoms with E-state index in [2.05, 4.69) is 5.32 Å². The highest BCUT2D eigenvalue weighted by molar-refractivity contribution is 7.93. The number of amides is 1. The molecule has 4 rings (SSSR count). The zero-order valence-electron chi connectivity index (χ0n) is 14.4. The summed E-state index contributed by atoms with van der Waals surface area (Å²) >= 11 is 11.9. The van der Waals surface area contributed by atoms with E-state index >= 15 is 0 Å². The van der Waals surface area contributed by atoms with Crippen LogP contribution in [0.5, 0.6) is 0 Å². The van der Waals surface area contributed by atoms with Crippen LogP contribution in [0.4, 0.5) is 11.4 Å². The molecule has 1 aliphatic rings. The Kier molecular flexibility index (Phi) is 4.79. The second-order valence-corrected chi connectivity index (χ2v) is 8.85. The van der Waals surface area contributed by atoms with Gasteiger partial charge in [0.2, 0.25) is 5.91 Å². The number of carbonyl (C=O) groups is 1. The number of fused-ring (bicyclic) bond motifs is 3. The topological polar surface area (TPSA) is 66.5 Å². The van der Waals surface area contributed by atoms with Crippen molar-refractivity contribution >= 4 is 50.5 Å². The number of hydrogen-bond donors (Lipinski definition) is 1. The molecule has 0 saturated carbocycles. The van der Waals surface area contributed by atoms with Crippen molar-refractivity contribution in [1.82, 2.24) is 0 Å². The number of benzene rings is 3. The van der Waals surface area contributed by atoms with E-state index in [1.54, 1.807) is 48.5 Å². The largest absolute Gasteiger partial charge is 0.324 e. The molecule has 142 valence electrons. The summed E-state index contributed by atoms with van der Waals surface area (Å²) in [6, 6.07) is 18.5. The summed E-state index contributed by atoms with van der Waals surface area (Å²) in [4.78, 5) is 12.8. The van der Waals surface area contributed by atoms with E-state index in [0.717, 1.165) is 9.87 Å². The molecule has 0 aliphatic carbocycles. The normalized spacial score (nSPS) is 14.1. The van der Waals surface area contributed by atoms with Crippen molar-refractivity contribution in [2.45, 2.75) is 4.90 Å². The van der Waals surface area contributed by atoms with Crippen LogP contribution in [0.3, 0.4) is 0 Å². The average Bonchev–Trinajstić information content (AvgIpc) is 2.68. The maximum absolute atomic E-state index is 13.2. The fourth-order valence-electron chi connectivity index (χ4n) is 3.16. The van der Waals surface area contributed by atoms with Gasteiger partial charge in [0.15, 0.2) is 0 Å². The highest BCUT2D eigenvalue weighted by Crippen LogP contribution is 2.42. The smallest absolute Gasteiger partial charge is 0.265 e. The monoisotopic (exact) mass is 432 g/mol. The number of halogens is 2. The second-order valence-electron chi connectivity index (χ2n) is 6.20. The van der Waals surface area contributed by atoms with Crippen LogP contribution < -0.4 is 9.62 Å². The van der Waals surface area contributed by atoms with Gasteiger partial charge in [-0.2, -0.15) is 0 Å². The van der Waals surface area contributed by atoms with Crippen LogP contribution in [-0.4, -0.2) is 20.9 Å². The molecule has 5 nitrogen and oxygen atoms in total. The molecule has 0 bridgehead atoms. The highest BCUT2D eigenvalue weighted by atomic mass is 35.5. The van der Waals surface area contributed by atoms with E-state index in [4.69, 9.17) is 23.2 Å². The lowest BCUT2D eigenvalue weighted by atomic mass is 10.0. The van der Waals surface area contributed by atoms with Gasteiger partial charge in [-0.3, -0.25) is 9.10 Å². The highest BCUT2D eigenvalue weighted by Gasteiger charge is 2.35. The van der Waals surface area contributed by atoms with Crippen LogP contribution >= 0.6 is 23.2 Å². The van der Waals surface area contributed by atoms with Gasteiger partial charge < -0.3 is 5.32 Å². The number of para-hydroxylation sites is 1. The Morgan fingerprint density at radius 3 is 2.32 bits per heavy atom. The minimum Gasteiger partial charge on any atom is -0.324 e. The standard InChI is InChI=1S/C20H14Cl2N2O3S/c21-16-10-9-13(11-17(16)22)23-20(25)12-24-18-7-3-1-5-14(18)15-6-2-4-8-19(15)28(24,26)27/h1-11H,12H2,(H,23,25). The quantitative estimate of drug-likeness (QED) is 0.645. The number of carbonyl (C=O) groups excluding carboxylic acids is 1. The zero-order valence-corrected chi connectivity index (χ0v) is 16.7. The molecule has 0 aromatic heterocycles. The molecule has 3 aromatic carbocycles. The van der Waals surface area contributed by atoms with Gasteiger partial charge in [0.05, 0.1) is 20.6 Å². The number of nitrogens with one attached hydrogen (secondary N) is 1. The average molecular weight is 433 g/mol. The lowest BCUT2D eigenvalue weighted by molar-refractivity contribution is -0.114. The molecule has 0 radical (unpaired) electrons. The molecule has 0 atom stereocenters. The Hall–Kier alpha value is -2.54. The first kappa shape index (κ1) is 18.8. The Morgan fingerprint density at radius 2 is 1.57 bits per heavy atom. The van der Waals surface area contributed by atoms with Crippen molar-refractivity contribution in [3.05, 3.63) is 76.8 Å². The molecular weight excluding hydrogens is 419 g/mol. The molecule has 1 heterocycles. The number of sulfonamides is 1. The molecule has 3 aromatic rings. The summed E-state index contributed by atoms with van der Waals surface area (Å²) in [6.45, 7) is -0.367. The van der Waals surface area contributed by atoms with Crippen molar-refractivity contribution in [2.75, 3.05) is 16.2 Å². The summed E-state index contributed by atoms with van der Waals surface area (Å²) in [5.74, 6) is -0.490. The van der Waals surface area contributed by atoms with Crippen molar-refractivity contribution < 1.29 is 13.2 Å². The summed E-state index contributed by atoms with van der Waals surface area (Å²) < 4.78 is 27.4. The van der Waals surface area contributed by atoms with Gasteiger partial charge in [-0.15, -0.1) is 0 Å². The zero-order chi connectivity index (χ0) is 19.9. The summed E-state index contributed by atoms with van der Waals surface area (Å²) in [7, 11) is -3.87. The lowest BCUT2D eigenvalue weighted by Gasteiger charge is -2.31. The molecule has 0 unspecified atom stereocenters. The molecule has 0 spiro atoms. The summed E-state index contributed by atoms with van der Waals surface area (Å²) in [5, 5.41) is 3.32. The van der Waals surface area contributed by atoms with Crippen LogP contribution in [0.15, 0.2) is 71.6 Å². The first-order valence-electron chi connectivity index (χ1n) is 8.34. The fourth-order valence-corrected chi connectivity index (χ4v) is 5.10. The van der Waals surface area contributed by atoms with Crippen LogP contribution in [0.25, 0.3) is 11.1 Å². The van der Waals surface area contributed by atoms with Crippen molar-refractivity contribution in [3.8, 4) is 11.1 Å². The van der Waals surface area contributed by atoms with Gasteiger partial charge in [-0.1, -0.05) is 59.6 Å². The third-order valence-corrected chi connectivity index (χ3v) is 6.97. The van der Waals surface area contributed by atoms with E-state index in [0.29, 0.717) is 27.0 Å². The number of hydrogen-bond acceptors (Lipinski definition) is 3. The third kappa shape index (κ3) is 3.24. The molecule has 0 fully saturated rings. The Balaban J connectivity index is 1.69. The van der Waals surface area contributed by atoms with Gasteiger partial charge in [0, 0.05) is 16.8 Å². The maximum atomic E-state index is 13.2. The Morgan fingerprint density at radius 1 is 0.893 bits per heavy atom. The van der Waals surface area contributed by atoms with Gasteiger partial charge in [0.1, 0.15) is 6.54 Å². The van der Waals surface area contributed by atoms with E-state index in [1.807, 2.05) is 12.1 Å². The van der Waals surface area contributed by atoms with Crippen molar-refractivity contribution in [2.24, 2.45) is 0 Å². The molecule has 28 heavy (non-hydrogen) atoms. The van der Waals surface area contributed by atoms with Crippen LogP contribution in [0, 0.1) is 0 Å². The SMILES string of the molecule is O=C(CN1c2ccccc2-c2ccccc2S1(=O)=O)Nc1ccc(Cl)c(Cl)c1. The van der Waals surface area contributed by atoms with Crippen molar-refractivity contribution in [3.63, 3.8) is 0 Å². The van der Waals surface area contributed by atoms with Crippen LogP contribution in [0.2, 0.25) is 10.0 Å². The minimum atomic E-state index is -3.87. The van der Waals surface area contributed by atoms with E-state index in [-0.39, 0.29) is 11.4 Å². The molecule has 1 aliphatic heterocycles. The summed E-state index contributed by atoms with van der Waals surface area (Å²) in [5.41, 5.74) is 2.28. The van der Waals surface area contributed by atoms with Crippen LogP contribution in [-0.2, 0) is 14.8 Å². The third-order valence-electron chi connectivity index (χ3n) is 4.41. The number of nitrogens with zero attached hydrogens (tertiary/aromatic N) is 1. The first-order chi connectivity index (χ1) is 13.4. The van der Waals surface area contributed by atoms with Gasteiger partial charge in [-0.25, -0.2) is 8.42 Å². The van der Waals surface area contributed by atoms with Gasteiger partial charge in [0.25, 0.3) is 10.0 Å². The molecule has 0 saturated heterocycles. The second kappa shape index (κ2) is 7.13. The summed E-state index contributed by atoms with van der Waals surface area (Å²) in [6.07, 6.45) is 0. The van der Waals surface area contributed by atoms with E-state index in [9.17, 15) is 13.2 Å². The lowest BCUT2D eigenvalue weighted by Crippen LogP contribution is -2.40. The Bertz CT molecular complexity index is 1200.